The van der Waals surface area contributed by atoms with E-state index in [1.807, 2.05) is 6.07 Å². The summed E-state index contributed by atoms with van der Waals surface area (Å²) in [6.45, 7) is 0. The number of pyridine rings is 1. The lowest BCUT2D eigenvalue weighted by Crippen LogP contribution is -2.12. The second kappa shape index (κ2) is 12.5. The van der Waals surface area contributed by atoms with Crippen molar-refractivity contribution in [2.45, 2.75) is 27.5 Å². The molecule has 1 aliphatic carbocycles. The number of hydrogen-bond acceptors (Lipinski definition) is 11. The van der Waals surface area contributed by atoms with Crippen LogP contribution in [0.1, 0.15) is 12.8 Å². The molecule has 0 amide bonds. The number of benzene rings is 3. The number of rotatable bonds is 10. The molecule has 3 aromatic carbocycles. The molecule has 13 heteroatoms. The van der Waals surface area contributed by atoms with Crippen LogP contribution >= 0.6 is 11.8 Å². The van der Waals surface area contributed by atoms with Crippen molar-refractivity contribution < 1.29 is 25.2 Å². The maximum atomic E-state index is 12.9. The quantitative estimate of drug-likeness (QED) is 0.172. The van der Waals surface area contributed by atoms with Crippen LogP contribution in [-0.4, -0.2) is 31.8 Å². The highest BCUT2D eigenvalue weighted by Gasteiger charge is 2.23. The summed E-state index contributed by atoms with van der Waals surface area (Å²) in [4.78, 5) is 14.7. The zero-order valence-electron chi connectivity index (χ0n) is 22.9. The molecule has 0 saturated carbocycles. The fraction of sp³-hybridized carbons (Fsp3) is 0.0645. The summed E-state index contributed by atoms with van der Waals surface area (Å²) in [5.74, 6) is 0.942. The van der Waals surface area contributed by atoms with Crippen LogP contribution < -0.4 is 9.50 Å². The van der Waals surface area contributed by atoms with Crippen LogP contribution in [0, 0.1) is 0 Å². The Bertz CT molecular complexity index is 2080. The molecule has 10 nitrogen and oxygen atoms in total. The smallest absolute Gasteiger partial charge is 0.339 e. The van der Waals surface area contributed by atoms with Gasteiger partial charge in [-0.3, -0.25) is 0 Å². The van der Waals surface area contributed by atoms with Gasteiger partial charge in [-0.2, -0.15) is 16.8 Å². The Morgan fingerprint density at radius 1 is 0.682 bits per heavy atom. The minimum absolute atomic E-state index is 0.0593. The summed E-state index contributed by atoms with van der Waals surface area (Å²) >= 11 is 1.44. The van der Waals surface area contributed by atoms with Gasteiger partial charge in [0.1, 0.15) is 33.4 Å². The lowest BCUT2D eigenvalue weighted by Gasteiger charge is -2.21. The molecule has 0 radical (unpaired) electrons. The minimum atomic E-state index is -4.03. The lowest BCUT2D eigenvalue weighted by molar-refractivity contribution is 0.389. The van der Waals surface area contributed by atoms with E-state index in [0.29, 0.717) is 35.4 Å². The average molecular weight is 645 g/mol. The number of nitrogens with zero attached hydrogens (tertiary/aromatic N) is 3. The number of hydrogen-bond donors (Lipinski definition) is 1. The van der Waals surface area contributed by atoms with Gasteiger partial charge in [-0.15, -0.1) is 0 Å². The molecule has 44 heavy (non-hydrogen) atoms. The Labute approximate surface area is 258 Å². The van der Waals surface area contributed by atoms with Crippen molar-refractivity contribution in [3.8, 4) is 5.75 Å². The molecule has 0 atom stereocenters. The average Bonchev–Trinajstić information content (AvgIpc) is 3.04. The Morgan fingerprint density at radius 3 is 2.02 bits per heavy atom. The van der Waals surface area contributed by atoms with Gasteiger partial charge in [0.05, 0.1) is 11.1 Å². The zero-order chi connectivity index (χ0) is 30.6. The van der Waals surface area contributed by atoms with E-state index >= 15 is 0 Å². The summed E-state index contributed by atoms with van der Waals surface area (Å²) in [5.41, 5.74) is 1.10. The molecule has 0 aliphatic heterocycles. The summed E-state index contributed by atoms with van der Waals surface area (Å²) in [7, 11) is -8.00. The van der Waals surface area contributed by atoms with Gasteiger partial charge in [0.25, 0.3) is 0 Å². The number of fused-ring (bicyclic) bond motifs is 1. The minimum Gasteiger partial charge on any atom is -0.383 e. The fourth-order valence-corrected chi connectivity index (χ4v) is 7.26. The van der Waals surface area contributed by atoms with Crippen LogP contribution in [0.5, 0.6) is 5.75 Å². The molecule has 0 spiro atoms. The predicted octanol–water partition coefficient (Wildman–Crippen LogP) is 6.29. The van der Waals surface area contributed by atoms with E-state index in [0.717, 1.165) is 9.80 Å². The first kappa shape index (κ1) is 29.4. The number of allylic oxidation sites excluding steroid dienone is 3. The molecule has 0 fully saturated rings. The SMILES string of the molecule is O=S(=O)(OC1=CC(Nc2ncnc3ncccc23)=C(Sc2ccc(OS(=O)(=O)c3ccccc3)cc2)CC1)c1ccccc1. The van der Waals surface area contributed by atoms with E-state index in [9.17, 15) is 16.8 Å². The highest BCUT2D eigenvalue weighted by Crippen LogP contribution is 2.39. The van der Waals surface area contributed by atoms with E-state index in [4.69, 9.17) is 8.37 Å². The van der Waals surface area contributed by atoms with Crippen LogP contribution in [-0.2, 0) is 24.4 Å². The van der Waals surface area contributed by atoms with Gasteiger partial charge >= 0.3 is 20.2 Å². The molecule has 6 rings (SSSR count). The third kappa shape index (κ3) is 6.75. The third-order valence-corrected chi connectivity index (χ3v) is 10.1. The van der Waals surface area contributed by atoms with Crippen LogP contribution in [0.25, 0.3) is 11.0 Å². The first-order chi connectivity index (χ1) is 21.3. The fourth-order valence-electron chi connectivity index (χ4n) is 4.33. The zero-order valence-corrected chi connectivity index (χ0v) is 25.3. The summed E-state index contributed by atoms with van der Waals surface area (Å²) in [5, 5.41) is 4.01. The predicted molar refractivity (Wildman–Crippen MR) is 167 cm³/mol. The first-order valence-corrected chi connectivity index (χ1v) is 16.9. The van der Waals surface area contributed by atoms with Gasteiger partial charge in [-0.25, -0.2) is 15.0 Å². The Morgan fingerprint density at radius 2 is 1.34 bits per heavy atom. The highest BCUT2D eigenvalue weighted by atomic mass is 32.2. The molecule has 2 aromatic heterocycles. The monoisotopic (exact) mass is 644 g/mol. The van der Waals surface area contributed by atoms with Crippen molar-refractivity contribution in [2.75, 3.05) is 5.32 Å². The van der Waals surface area contributed by atoms with Gasteiger partial charge in [-0.1, -0.05) is 48.2 Å². The summed E-state index contributed by atoms with van der Waals surface area (Å²) < 4.78 is 62.0. The molecule has 0 bridgehead atoms. The van der Waals surface area contributed by atoms with E-state index in [-0.39, 0.29) is 21.3 Å². The van der Waals surface area contributed by atoms with E-state index < -0.39 is 20.2 Å². The number of anilines is 1. The highest BCUT2D eigenvalue weighted by molar-refractivity contribution is 8.03. The van der Waals surface area contributed by atoms with Crippen LogP contribution in [0.2, 0.25) is 0 Å². The molecule has 2 heterocycles. The normalized spacial score (nSPS) is 13.8. The summed E-state index contributed by atoms with van der Waals surface area (Å²) in [6.07, 6.45) is 5.49. The maximum Gasteiger partial charge on any atom is 0.339 e. The lowest BCUT2D eigenvalue weighted by atomic mass is 10.1. The number of thioether (sulfide) groups is 1. The third-order valence-electron chi connectivity index (χ3n) is 6.42. The van der Waals surface area contributed by atoms with Gasteiger partial charge in [0, 0.05) is 28.5 Å². The second-order valence-electron chi connectivity index (χ2n) is 9.44. The van der Waals surface area contributed by atoms with Crippen LogP contribution in [0.4, 0.5) is 5.82 Å². The second-order valence-corrected chi connectivity index (χ2v) is 13.7. The van der Waals surface area contributed by atoms with E-state index in [1.54, 1.807) is 79.0 Å². The molecule has 5 aromatic rings. The van der Waals surface area contributed by atoms with Gasteiger partial charge < -0.3 is 13.7 Å². The largest absolute Gasteiger partial charge is 0.383 e. The van der Waals surface area contributed by atoms with Crippen LogP contribution in [0.15, 0.2) is 147 Å². The standard InChI is InChI=1S/C31H24N4O6S3/c36-43(37,25-8-3-1-4-9-25)40-22-13-16-24(17-14-22)42-29-18-15-23(41-44(38,39)26-10-5-2-6-11-26)20-28(29)35-31-27-12-7-19-32-30(27)33-21-34-31/h1-14,16-17,19-21H,15,18H2,(H,32,33,34,35). The van der Waals surface area contributed by atoms with Gasteiger partial charge in [0.15, 0.2) is 5.65 Å². The maximum absolute atomic E-state index is 12.9. The van der Waals surface area contributed by atoms with E-state index in [2.05, 4.69) is 20.3 Å². The van der Waals surface area contributed by atoms with E-state index in [1.165, 1.54) is 42.4 Å². The molecule has 1 aliphatic rings. The Hall–Kier alpha value is -4.72. The van der Waals surface area contributed by atoms with Crippen LogP contribution in [0.3, 0.4) is 0 Å². The number of nitrogens with one attached hydrogen (secondary N) is 1. The van der Waals surface area contributed by atoms with Gasteiger partial charge in [-0.05, 0) is 67.1 Å². The number of aromatic nitrogens is 3. The van der Waals surface area contributed by atoms with Crippen molar-refractivity contribution in [3.63, 3.8) is 0 Å². The van der Waals surface area contributed by atoms with Crippen molar-refractivity contribution in [2.24, 2.45) is 0 Å². The molecule has 0 unspecified atom stereocenters. The Balaban J connectivity index is 1.29. The van der Waals surface area contributed by atoms with Crippen molar-refractivity contribution in [1.29, 1.82) is 0 Å². The molecular formula is C31H24N4O6S3. The molecule has 1 N–H and O–H groups in total. The summed E-state index contributed by atoms with van der Waals surface area (Å²) in [6, 6.07) is 26.2. The van der Waals surface area contributed by atoms with Crippen molar-refractivity contribution in [1.82, 2.24) is 15.0 Å². The topological polar surface area (TPSA) is 137 Å². The molecule has 222 valence electrons. The first-order valence-electron chi connectivity index (χ1n) is 13.3. The molecular weight excluding hydrogens is 621 g/mol. The molecule has 0 saturated heterocycles. The Kier molecular flexibility index (Phi) is 8.33. The van der Waals surface area contributed by atoms with Crippen molar-refractivity contribution >= 4 is 48.8 Å². The van der Waals surface area contributed by atoms with Crippen molar-refractivity contribution in [3.05, 3.63) is 132 Å². The van der Waals surface area contributed by atoms with Gasteiger partial charge in [0.2, 0.25) is 0 Å².